The fourth-order valence-electron chi connectivity index (χ4n) is 1.92. The molecule has 0 radical (unpaired) electrons. The Bertz CT molecular complexity index is 378. The molecule has 0 saturated heterocycles. The van der Waals surface area contributed by atoms with Crippen LogP contribution in [0.25, 0.3) is 0 Å². The van der Waals surface area contributed by atoms with Crippen LogP contribution in [0.1, 0.15) is 24.3 Å². The fourth-order valence-corrected chi connectivity index (χ4v) is 2.63. The van der Waals surface area contributed by atoms with Gasteiger partial charge in [-0.25, -0.2) is 0 Å². The van der Waals surface area contributed by atoms with Crippen molar-refractivity contribution < 1.29 is 9.47 Å². The molecule has 15 heavy (non-hydrogen) atoms. The molecule has 3 rings (SSSR count). The monoisotopic (exact) mass is 268 g/mol. The summed E-state index contributed by atoms with van der Waals surface area (Å²) in [4.78, 5) is 0.655. The molecule has 1 heterocycles. The highest BCUT2D eigenvalue weighted by atomic mass is 79.9. The van der Waals surface area contributed by atoms with Gasteiger partial charge in [0.25, 0.3) is 0 Å². The van der Waals surface area contributed by atoms with Crippen LogP contribution in [0.3, 0.4) is 0 Å². The van der Waals surface area contributed by atoms with Crippen LogP contribution < -0.4 is 9.47 Å². The number of benzene rings is 1. The zero-order chi connectivity index (χ0) is 10.3. The van der Waals surface area contributed by atoms with E-state index >= 15 is 0 Å². The average Bonchev–Trinajstić information content (AvgIpc) is 2.99. The summed E-state index contributed by atoms with van der Waals surface area (Å²) >= 11 is 3.62. The largest absolute Gasteiger partial charge is 0.490 e. The lowest BCUT2D eigenvalue weighted by atomic mass is 10.1. The van der Waals surface area contributed by atoms with Gasteiger partial charge in [0.2, 0.25) is 0 Å². The molecule has 0 aromatic heterocycles. The highest BCUT2D eigenvalue weighted by molar-refractivity contribution is 9.09. The molecule has 1 aliphatic heterocycles. The topological polar surface area (TPSA) is 18.5 Å². The number of rotatable bonds is 1. The van der Waals surface area contributed by atoms with Crippen molar-refractivity contribution in [1.82, 2.24) is 0 Å². The predicted molar refractivity (Wildman–Crippen MR) is 62.1 cm³/mol. The SMILES string of the molecule is BrC1CC1c1ccc2c(c1)OCCCO2. The van der Waals surface area contributed by atoms with Gasteiger partial charge in [-0.05, 0) is 30.0 Å². The maximum absolute atomic E-state index is 5.66. The molecule has 0 bridgehead atoms. The molecule has 1 saturated carbocycles. The van der Waals surface area contributed by atoms with Crippen LogP contribution in [-0.4, -0.2) is 18.0 Å². The van der Waals surface area contributed by atoms with Crippen LogP contribution in [0.5, 0.6) is 11.5 Å². The number of ether oxygens (including phenoxy) is 2. The molecule has 0 spiro atoms. The number of fused-ring (bicyclic) bond motifs is 1. The van der Waals surface area contributed by atoms with Crippen molar-refractivity contribution in [3.8, 4) is 11.5 Å². The zero-order valence-corrected chi connectivity index (χ0v) is 10.00. The number of hydrogen-bond donors (Lipinski definition) is 0. The van der Waals surface area contributed by atoms with E-state index in [2.05, 4.69) is 28.1 Å². The quantitative estimate of drug-likeness (QED) is 0.729. The summed E-state index contributed by atoms with van der Waals surface area (Å²) in [6, 6.07) is 6.32. The summed E-state index contributed by atoms with van der Waals surface area (Å²) < 4.78 is 11.3. The maximum Gasteiger partial charge on any atom is 0.161 e. The first-order chi connectivity index (χ1) is 7.34. The highest BCUT2D eigenvalue weighted by Crippen LogP contribution is 2.48. The Labute approximate surface area is 97.7 Å². The Morgan fingerprint density at radius 2 is 1.87 bits per heavy atom. The molecular formula is C12H13BrO2. The third-order valence-corrected chi connectivity index (χ3v) is 3.92. The molecule has 0 amide bonds. The van der Waals surface area contributed by atoms with Gasteiger partial charge in [-0.1, -0.05) is 22.0 Å². The second-order valence-corrected chi connectivity index (χ2v) is 5.29. The lowest BCUT2D eigenvalue weighted by Crippen LogP contribution is -1.97. The Hall–Kier alpha value is -0.700. The summed E-state index contributed by atoms with van der Waals surface area (Å²) in [5, 5.41) is 0. The van der Waals surface area contributed by atoms with E-state index < -0.39 is 0 Å². The molecule has 3 heteroatoms. The van der Waals surface area contributed by atoms with Gasteiger partial charge < -0.3 is 9.47 Å². The van der Waals surface area contributed by atoms with Gasteiger partial charge in [-0.3, -0.25) is 0 Å². The van der Waals surface area contributed by atoms with Gasteiger partial charge in [0, 0.05) is 11.2 Å². The van der Waals surface area contributed by atoms with Crippen LogP contribution in [-0.2, 0) is 0 Å². The van der Waals surface area contributed by atoms with E-state index in [0.717, 1.165) is 31.1 Å². The maximum atomic E-state index is 5.66. The fraction of sp³-hybridized carbons (Fsp3) is 0.500. The molecule has 2 aliphatic rings. The Morgan fingerprint density at radius 3 is 2.60 bits per heavy atom. The van der Waals surface area contributed by atoms with Crippen molar-refractivity contribution in [3.63, 3.8) is 0 Å². The third kappa shape index (κ3) is 1.85. The molecule has 1 fully saturated rings. The van der Waals surface area contributed by atoms with E-state index in [-0.39, 0.29) is 0 Å². The van der Waals surface area contributed by atoms with Gasteiger partial charge in [0.05, 0.1) is 13.2 Å². The van der Waals surface area contributed by atoms with E-state index in [9.17, 15) is 0 Å². The minimum absolute atomic E-state index is 0.655. The predicted octanol–water partition coefficient (Wildman–Crippen LogP) is 3.10. The van der Waals surface area contributed by atoms with E-state index in [0.29, 0.717) is 10.7 Å². The number of alkyl halides is 1. The van der Waals surface area contributed by atoms with Gasteiger partial charge in [-0.2, -0.15) is 0 Å². The van der Waals surface area contributed by atoms with Crippen molar-refractivity contribution in [2.24, 2.45) is 0 Å². The standard InChI is InChI=1S/C12H13BrO2/c13-10-7-9(10)8-2-3-11-12(6-8)15-5-1-4-14-11/h2-3,6,9-10H,1,4-5,7H2. The number of halogens is 1. The van der Waals surface area contributed by atoms with E-state index in [1.54, 1.807) is 0 Å². The van der Waals surface area contributed by atoms with Crippen LogP contribution >= 0.6 is 15.9 Å². The molecule has 1 aromatic rings. The summed E-state index contributed by atoms with van der Waals surface area (Å²) in [6.45, 7) is 1.52. The van der Waals surface area contributed by atoms with Crippen molar-refractivity contribution >= 4 is 15.9 Å². The highest BCUT2D eigenvalue weighted by Gasteiger charge is 2.36. The van der Waals surface area contributed by atoms with Crippen LogP contribution in [0.4, 0.5) is 0 Å². The second kappa shape index (κ2) is 3.71. The third-order valence-electron chi connectivity index (χ3n) is 2.91. The first kappa shape index (κ1) is 9.52. The van der Waals surface area contributed by atoms with Crippen molar-refractivity contribution in [2.45, 2.75) is 23.6 Å². The summed E-state index contributed by atoms with van der Waals surface area (Å²) in [5.74, 6) is 2.47. The molecule has 2 unspecified atom stereocenters. The summed E-state index contributed by atoms with van der Waals surface area (Å²) in [5.41, 5.74) is 1.36. The molecule has 1 aromatic carbocycles. The molecule has 2 atom stereocenters. The molecular weight excluding hydrogens is 256 g/mol. The minimum Gasteiger partial charge on any atom is -0.490 e. The van der Waals surface area contributed by atoms with Gasteiger partial charge in [-0.15, -0.1) is 0 Å². The van der Waals surface area contributed by atoms with Crippen molar-refractivity contribution in [3.05, 3.63) is 23.8 Å². The van der Waals surface area contributed by atoms with Crippen LogP contribution in [0, 0.1) is 0 Å². The molecule has 2 nitrogen and oxygen atoms in total. The Kier molecular flexibility index (Phi) is 2.35. The first-order valence-corrected chi connectivity index (χ1v) is 6.30. The van der Waals surface area contributed by atoms with Crippen molar-refractivity contribution in [2.75, 3.05) is 13.2 Å². The molecule has 0 N–H and O–H groups in total. The van der Waals surface area contributed by atoms with Crippen LogP contribution in [0.15, 0.2) is 18.2 Å². The van der Waals surface area contributed by atoms with E-state index in [4.69, 9.17) is 9.47 Å². The van der Waals surface area contributed by atoms with E-state index in [1.165, 1.54) is 12.0 Å². The van der Waals surface area contributed by atoms with Crippen LogP contribution in [0.2, 0.25) is 0 Å². The average molecular weight is 269 g/mol. The summed E-state index contributed by atoms with van der Waals surface area (Å²) in [7, 11) is 0. The Morgan fingerprint density at radius 1 is 1.13 bits per heavy atom. The first-order valence-electron chi connectivity index (χ1n) is 5.38. The van der Waals surface area contributed by atoms with Gasteiger partial charge in [0.15, 0.2) is 11.5 Å². The van der Waals surface area contributed by atoms with Gasteiger partial charge >= 0.3 is 0 Å². The lowest BCUT2D eigenvalue weighted by molar-refractivity contribution is 0.297. The Balaban J connectivity index is 1.90. The molecule has 1 aliphatic carbocycles. The normalized spacial score (nSPS) is 28.3. The second-order valence-electron chi connectivity index (χ2n) is 4.11. The van der Waals surface area contributed by atoms with E-state index in [1.807, 2.05) is 6.07 Å². The van der Waals surface area contributed by atoms with Crippen molar-refractivity contribution in [1.29, 1.82) is 0 Å². The minimum atomic E-state index is 0.655. The smallest absolute Gasteiger partial charge is 0.161 e. The molecule has 80 valence electrons. The lowest BCUT2D eigenvalue weighted by Gasteiger charge is -2.08. The summed E-state index contributed by atoms with van der Waals surface area (Å²) in [6.07, 6.45) is 2.20. The number of hydrogen-bond acceptors (Lipinski definition) is 2. The zero-order valence-electron chi connectivity index (χ0n) is 8.41. The van der Waals surface area contributed by atoms with Gasteiger partial charge in [0.1, 0.15) is 0 Å².